The van der Waals surface area contributed by atoms with Crippen molar-refractivity contribution < 1.29 is 17.6 Å². The second-order valence-corrected chi connectivity index (χ2v) is 8.36. The molecule has 138 valence electrons. The summed E-state index contributed by atoms with van der Waals surface area (Å²) >= 11 is 5.67. The number of carbonyl (C=O) groups excluding carboxylic acids is 1. The molecule has 0 bridgehead atoms. The number of amides is 1. The van der Waals surface area contributed by atoms with Crippen LogP contribution in [0.5, 0.6) is 0 Å². The van der Waals surface area contributed by atoms with Gasteiger partial charge < -0.3 is 5.32 Å². The van der Waals surface area contributed by atoms with Gasteiger partial charge in [-0.25, -0.2) is 17.5 Å². The Kier molecular flexibility index (Phi) is 5.60. The van der Waals surface area contributed by atoms with Crippen molar-refractivity contribution in [3.05, 3.63) is 58.9 Å². The minimum absolute atomic E-state index is 0.0211. The molecule has 26 heavy (non-hydrogen) atoms. The van der Waals surface area contributed by atoms with Crippen LogP contribution in [0.25, 0.3) is 0 Å². The van der Waals surface area contributed by atoms with Crippen molar-refractivity contribution in [1.29, 1.82) is 0 Å². The van der Waals surface area contributed by atoms with Crippen molar-refractivity contribution in [2.24, 2.45) is 0 Å². The number of sulfonamides is 1. The third-order valence-electron chi connectivity index (χ3n) is 4.28. The molecule has 1 aliphatic carbocycles. The van der Waals surface area contributed by atoms with E-state index in [0.29, 0.717) is 5.69 Å². The summed E-state index contributed by atoms with van der Waals surface area (Å²) in [6, 6.07) is 9.50. The summed E-state index contributed by atoms with van der Waals surface area (Å²) in [5, 5.41) is 2.73. The highest BCUT2D eigenvalue weighted by molar-refractivity contribution is 7.89. The largest absolute Gasteiger partial charge is 0.322 e. The van der Waals surface area contributed by atoms with Gasteiger partial charge in [-0.3, -0.25) is 4.79 Å². The molecule has 0 saturated heterocycles. The maximum absolute atomic E-state index is 13.8. The maximum Gasteiger partial charge on any atom is 0.258 e. The lowest BCUT2D eigenvalue weighted by Gasteiger charge is -2.13. The van der Waals surface area contributed by atoms with Crippen LogP contribution in [0.1, 0.15) is 36.0 Å². The highest BCUT2D eigenvalue weighted by Gasteiger charge is 2.22. The summed E-state index contributed by atoms with van der Waals surface area (Å²) in [4.78, 5) is 12.3. The molecule has 0 spiro atoms. The first-order valence-corrected chi connectivity index (χ1v) is 10.1. The summed E-state index contributed by atoms with van der Waals surface area (Å²) in [6.07, 6.45) is 3.75. The normalized spacial score (nSPS) is 15.2. The second kappa shape index (κ2) is 7.73. The SMILES string of the molecule is O=C(Nc1ccc(S(=O)(=O)NC2CCCC2)cc1)c1ccc(Cl)cc1F. The Morgan fingerprint density at radius 2 is 1.73 bits per heavy atom. The number of anilines is 1. The molecule has 1 aliphatic rings. The van der Waals surface area contributed by atoms with Crippen molar-refractivity contribution in [1.82, 2.24) is 4.72 Å². The lowest BCUT2D eigenvalue weighted by Crippen LogP contribution is -2.32. The minimum atomic E-state index is -3.59. The first-order chi connectivity index (χ1) is 12.3. The molecule has 0 radical (unpaired) electrons. The lowest BCUT2D eigenvalue weighted by molar-refractivity contribution is 0.102. The number of rotatable bonds is 5. The molecule has 8 heteroatoms. The van der Waals surface area contributed by atoms with E-state index < -0.39 is 21.7 Å². The molecule has 0 atom stereocenters. The Balaban J connectivity index is 1.70. The fourth-order valence-electron chi connectivity index (χ4n) is 2.92. The molecule has 1 amide bonds. The topological polar surface area (TPSA) is 75.3 Å². The zero-order valence-electron chi connectivity index (χ0n) is 13.8. The van der Waals surface area contributed by atoms with E-state index in [9.17, 15) is 17.6 Å². The zero-order valence-corrected chi connectivity index (χ0v) is 15.4. The quantitative estimate of drug-likeness (QED) is 0.803. The standard InChI is InChI=1S/C18H18ClFN2O3S/c19-12-5-10-16(17(20)11-12)18(23)21-13-6-8-15(9-7-13)26(24,25)22-14-3-1-2-4-14/h5-11,14,22H,1-4H2,(H,21,23). The monoisotopic (exact) mass is 396 g/mol. The van der Waals surface area contributed by atoms with Crippen molar-refractivity contribution >= 4 is 33.2 Å². The van der Waals surface area contributed by atoms with Crippen LogP contribution in [-0.2, 0) is 10.0 Å². The van der Waals surface area contributed by atoms with Gasteiger partial charge in [-0.2, -0.15) is 0 Å². The minimum Gasteiger partial charge on any atom is -0.322 e. The number of carbonyl (C=O) groups is 1. The van der Waals surface area contributed by atoms with E-state index in [0.717, 1.165) is 31.7 Å². The first kappa shape index (κ1) is 18.8. The highest BCUT2D eigenvalue weighted by atomic mass is 35.5. The van der Waals surface area contributed by atoms with Crippen molar-refractivity contribution in [3.8, 4) is 0 Å². The number of hydrogen-bond acceptors (Lipinski definition) is 3. The Morgan fingerprint density at radius 3 is 2.35 bits per heavy atom. The van der Waals surface area contributed by atoms with Crippen LogP contribution in [0.15, 0.2) is 47.4 Å². The van der Waals surface area contributed by atoms with E-state index in [2.05, 4.69) is 10.0 Å². The van der Waals surface area contributed by atoms with Gasteiger partial charge in [0.2, 0.25) is 10.0 Å². The second-order valence-electron chi connectivity index (χ2n) is 6.21. The average Bonchev–Trinajstić information content (AvgIpc) is 3.07. The summed E-state index contributed by atoms with van der Waals surface area (Å²) in [5.41, 5.74) is 0.221. The summed E-state index contributed by atoms with van der Waals surface area (Å²) in [5.74, 6) is -1.37. The Morgan fingerprint density at radius 1 is 1.08 bits per heavy atom. The molecular weight excluding hydrogens is 379 g/mol. The van der Waals surface area contributed by atoms with E-state index in [-0.39, 0.29) is 21.5 Å². The molecule has 0 heterocycles. The van der Waals surface area contributed by atoms with Gasteiger partial charge in [0.1, 0.15) is 5.82 Å². The van der Waals surface area contributed by atoms with E-state index in [1.165, 1.54) is 36.4 Å². The summed E-state index contributed by atoms with van der Waals surface area (Å²) < 4.78 is 41.2. The summed E-state index contributed by atoms with van der Waals surface area (Å²) in [6.45, 7) is 0. The van der Waals surface area contributed by atoms with Gasteiger partial charge in [-0.05, 0) is 55.3 Å². The molecule has 1 saturated carbocycles. The maximum atomic E-state index is 13.8. The van der Waals surface area contributed by atoms with Gasteiger partial charge in [0.15, 0.2) is 0 Å². The fourth-order valence-corrected chi connectivity index (χ4v) is 4.38. The Hall–Kier alpha value is -1.96. The van der Waals surface area contributed by atoms with E-state index in [1.54, 1.807) is 0 Å². The van der Waals surface area contributed by atoms with Gasteiger partial charge in [0.05, 0.1) is 10.5 Å². The molecule has 0 unspecified atom stereocenters. The lowest BCUT2D eigenvalue weighted by atomic mass is 10.2. The molecule has 0 aromatic heterocycles. The van der Waals surface area contributed by atoms with Gasteiger partial charge in [-0.15, -0.1) is 0 Å². The van der Waals surface area contributed by atoms with Crippen LogP contribution < -0.4 is 10.0 Å². The first-order valence-electron chi connectivity index (χ1n) is 8.24. The molecule has 2 aromatic carbocycles. The predicted octanol–water partition coefficient (Wildman–Crippen LogP) is 3.95. The number of benzene rings is 2. The highest BCUT2D eigenvalue weighted by Crippen LogP contribution is 2.22. The van der Waals surface area contributed by atoms with Crippen LogP contribution in [0, 0.1) is 5.82 Å². The fraction of sp³-hybridized carbons (Fsp3) is 0.278. The molecule has 0 aliphatic heterocycles. The number of nitrogens with one attached hydrogen (secondary N) is 2. The van der Waals surface area contributed by atoms with Gasteiger partial charge in [-0.1, -0.05) is 24.4 Å². The van der Waals surface area contributed by atoms with Crippen LogP contribution in [0.3, 0.4) is 0 Å². The van der Waals surface area contributed by atoms with E-state index >= 15 is 0 Å². The van der Waals surface area contributed by atoms with Crippen molar-refractivity contribution in [2.75, 3.05) is 5.32 Å². The number of hydrogen-bond donors (Lipinski definition) is 2. The summed E-state index contributed by atoms with van der Waals surface area (Å²) in [7, 11) is -3.59. The zero-order chi connectivity index (χ0) is 18.7. The van der Waals surface area contributed by atoms with Crippen LogP contribution in [0.4, 0.5) is 10.1 Å². The van der Waals surface area contributed by atoms with Gasteiger partial charge in [0.25, 0.3) is 5.91 Å². The molecular formula is C18H18ClFN2O3S. The molecule has 5 nitrogen and oxygen atoms in total. The molecule has 3 rings (SSSR count). The smallest absolute Gasteiger partial charge is 0.258 e. The molecule has 2 N–H and O–H groups in total. The Labute approximate surface area is 156 Å². The van der Waals surface area contributed by atoms with Crippen LogP contribution in [-0.4, -0.2) is 20.4 Å². The van der Waals surface area contributed by atoms with Gasteiger partial charge in [0, 0.05) is 16.8 Å². The Bertz CT molecular complexity index is 911. The number of halogens is 2. The third kappa shape index (κ3) is 4.41. The molecule has 1 fully saturated rings. The van der Waals surface area contributed by atoms with Crippen molar-refractivity contribution in [2.45, 2.75) is 36.6 Å². The molecule has 2 aromatic rings. The average molecular weight is 397 g/mol. The van der Waals surface area contributed by atoms with Gasteiger partial charge >= 0.3 is 0 Å². The van der Waals surface area contributed by atoms with Crippen LogP contribution >= 0.6 is 11.6 Å². The van der Waals surface area contributed by atoms with Crippen LogP contribution in [0.2, 0.25) is 5.02 Å². The van der Waals surface area contributed by atoms with Crippen molar-refractivity contribution in [3.63, 3.8) is 0 Å². The third-order valence-corrected chi connectivity index (χ3v) is 6.05. The van der Waals surface area contributed by atoms with E-state index in [4.69, 9.17) is 11.6 Å². The van der Waals surface area contributed by atoms with E-state index in [1.807, 2.05) is 0 Å². The predicted molar refractivity (Wildman–Crippen MR) is 98.4 cm³/mol.